The number of amides is 2. The molecule has 1 heterocycles. The van der Waals surface area contributed by atoms with E-state index in [2.05, 4.69) is 0 Å². The lowest BCUT2D eigenvalue weighted by atomic mass is 10.7. The van der Waals surface area contributed by atoms with E-state index in [-0.39, 0.29) is 11.2 Å². The molecule has 1 aliphatic heterocycles. The highest BCUT2D eigenvalue weighted by Crippen LogP contribution is 2.74. The Morgan fingerprint density at radius 1 is 1.42 bits per heavy atom. The molecule has 0 spiro atoms. The maximum atomic E-state index is 11.3. The Morgan fingerprint density at radius 3 is 2.42 bits per heavy atom. The monoisotopic (exact) mass is 247 g/mol. The SMILES string of the molecule is CN1C(=O)N(C)[P+](Cl)(Cl)C=C1Cl. The van der Waals surface area contributed by atoms with E-state index < -0.39 is 6.12 Å². The van der Waals surface area contributed by atoms with Crippen LogP contribution in [0.2, 0.25) is 0 Å². The lowest BCUT2D eigenvalue weighted by Gasteiger charge is -2.28. The van der Waals surface area contributed by atoms with Crippen molar-refractivity contribution in [2.75, 3.05) is 14.1 Å². The van der Waals surface area contributed by atoms with Gasteiger partial charge in [0.25, 0.3) is 0 Å². The number of rotatable bonds is 0. The van der Waals surface area contributed by atoms with Crippen LogP contribution in [0.5, 0.6) is 0 Å². The van der Waals surface area contributed by atoms with Crippen molar-refractivity contribution < 1.29 is 4.79 Å². The van der Waals surface area contributed by atoms with Crippen LogP contribution in [-0.4, -0.2) is 29.7 Å². The number of nitrogens with zero attached hydrogens (tertiary/aromatic N) is 2. The third-order valence-corrected chi connectivity index (χ3v) is 5.53. The number of hydrogen-bond donors (Lipinski definition) is 0. The maximum absolute atomic E-state index is 11.3. The normalized spacial score (nSPS) is 22.8. The quantitative estimate of drug-likeness (QED) is 0.477. The molecule has 0 aromatic rings. The summed E-state index contributed by atoms with van der Waals surface area (Å²) < 4.78 is 1.29. The van der Waals surface area contributed by atoms with Crippen LogP contribution in [0, 0.1) is 0 Å². The summed E-state index contributed by atoms with van der Waals surface area (Å²) in [6.45, 7) is 0. The van der Waals surface area contributed by atoms with Gasteiger partial charge in [-0.15, -0.1) is 0 Å². The van der Waals surface area contributed by atoms with Crippen molar-refractivity contribution in [3.05, 3.63) is 11.0 Å². The van der Waals surface area contributed by atoms with Crippen LogP contribution >= 0.6 is 40.2 Å². The van der Waals surface area contributed by atoms with Crippen LogP contribution < -0.4 is 0 Å². The second kappa shape index (κ2) is 3.22. The van der Waals surface area contributed by atoms with Gasteiger partial charge < -0.3 is 0 Å². The summed E-state index contributed by atoms with van der Waals surface area (Å²) in [4.78, 5) is 12.6. The summed E-state index contributed by atoms with van der Waals surface area (Å²) >= 11 is 17.5. The van der Waals surface area contributed by atoms with E-state index in [9.17, 15) is 4.79 Å². The molecule has 0 N–H and O–H groups in total. The largest absolute Gasteiger partial charge is 0.359 e. The molecule has 68 valence electrons. The molecule has 0 saturated carbocycles. The second-order valence-electron chi connectivity index (χ2n) is 2.34. The molecule has 1 aliphatic rings. The molecule has 0 radical (unpaired) electrons. The molecule has 1 rings (SSSR count). The average molecular weight is 248 g/mol. The minimum Gasteiger partial charge on any atom is -0.282 e. The van der Waals surface area contributed by atoms with E-state index >= 15 is 0 Å². The van der Waals surface area contributed by atoms with Crippen molar-refractivity contribution in [1.82, 2.24) is 9.57 Å². The molecule has 0 aliphatic carbocycles. The molecular weight excluding hydrogens is 241 g/mol. The molecule has 7 heteroatoms. The molecule has 12 heavy (non-hydrogen) atoms. The maximum Gasteiger partial charge on any atom is 0.359 e. The molecule has 2 amide bonds. The molecule has 0 fully saturated rings. The van der Waals surface area contributed by atoms with Gasteiger partial charge in [0.1, 0.15) is 22.5 Å². The number of halogens is 3. The van der Waals surface area contributed by atoms with E-state index in [4.69, 9.17) is 34.1 Å². The van der Waals surface area contributed by atoms with Gasteiger partial charge in [-0.2, -0.15) is 4.67 Å². The van der Waals surface area contributed by atoms with Crippen LogP contribution in [0.15, 0.2) is 11.0 Å². The summed E-state index contributed by atoms with van der Waals surface area (Å²) in [6.07, 6.45) is -2.48. The van der Waals surface area contributed by atoms with Gasteiger partial charge in [-0.05, 0) is 0 Å². The molecule has 0 unspecified atom stereocenters. The number of urea groups is 1. The summed E-state index contributed by atoms with van der Waals surface area (Å²) in [5.41, 5.74) is 0. The van der Waals surface area contributed by atoms with Gasteiger partial charge in [0, 0.05) is 7.05 Å². The van der Waals surface area contributed by atoms with Crippen LogP contribution in [0.1, 0.15) is 0 Å². The van der Waals surface area contributed by atoms with Gasteiger partial charge in [-0.3, -0.25) is 4.90 Å². The Labute approximate surface area is 85.8 Å². The first-order chi connectivity index (χ1) is 5.36. The van der Waals surface area contributed by atoms with Crippen molar-refractivity contribution in [3.63, 3.8) is 0 Å². The van der Waals surface area contributed by atoms with Crippen LogP contribution in [0.25, 0.3) is 0 Å². The number of carbonyl (C=O) groups is 1. The smallest absolute Gasteiger partial charge is 0.282 e. The van der Waals surface area contributed by atoms with E-state index in [1.165, 1.54) is 15.4 Å². The lowest BCUT2D eigenvalue weighted by Crippen LogP contribution is -2.37. The van der Waals surface area contributed by atoms with Crippen molar-refractivity contribution in [2.24, 2.45) is 0 Å². The van der Waals surface area contributed by atoms with Gasteiger partial charge in [0.15, 0.2) is 11.0 Å². The molecule has 0 aromatic carbocycles. The zero-order valence-electron chi connectivity index (χ0n) is 6.46. The van der Waals surface area contributed by atoms with Crippen molar-refractivity contribution in [2.45, 2.75) is 0 Å². The summed E-state index contributed by atoms with van der Waals surface area (Å²) in [7, 11) is 3.11. The topological polar surface area (TPSA) is 23.6 Å². The highest BCUT2D eigenvalue weighted by atomic mass is 35.9. The van der Waals surface area contributed by atoms with Crippen molar-refractivity contribution in [1.29, 1.82) is 0 Å². The molecule has 0 saturated heterocycles. The fourth-order valence-corrected chi connectivity index (χ4v) is 3.43. The molecular formula is C5H7Cl3N2OP+. The Balaban J connectivity index is 3.08. The van der Waals surface area contributed by atoms with Gasteiger partial charge >= 0.3 is 12.1 Å². The van der Waals surface area contributed by atoms with E-state index in [0.29, 0.717) is 0 Å². The van der Waals surface area contributed by atoms with Crippen molar-refractivity contribution >= 4 is 46.2 Å². The fraction of sp³-hybridized carbons (Fsp3) is 0.400. The lowest BCUT2D eigenvalue weighted by molar-refractivity contribution is 0.207. The predicted octanol–water partition coefficient (Wildman–Crippen LogP) is 3.26. The summed E-state index contributed by atoms with van der Waals surface area (Å²) in [5.74, 6) is 1.50. The van der Waals surface area contributed by atoms with Gasteiger partial charge in [-0.1, -0.05) is 11.6 Å². The van der Waals surface area contributed by atoms with Crippen LogP contribution in [0.3, 0.4) is 0 Å². The zero-order valence-corrected chi connectivity index (χ0v) is 9.62. The minimum absolute atomic E-state index is 0.274. The van der Waals surface area contributed by atoms with Crippen LogP contribution in [-0.2, 0) is 0 Å². The molecule has 3 nitrogen and oxygen atoms in total. The molecule has 0 bridgehead atoms. The summed E-state index contributed by atoms with van der Waals surface area (Å²) in [6, 6.07) is -0.291. The van der Waals surface area contributed by atoms with Crippen LogP contribution in [0.4, 0.5) is 4.79 Å². The van der Waals surface area contributed by atoms with E-state index in [1.54, 1.807) is 14.1 Å². The Hall–Kier alpha value is 0.310. The third-order valence-electron chi connectivity index (χ3n) is 1.55. The predicted molar refractivity (Wildman–Crippen MR) is 53.5 cm³/mol. The molecule has 0 aromatic heterocycles. The van der Waals surface area contributed by atoms with Crippen molar-refractivity contribution in [3.8, 4) is 0 Å². The first-order valence-electron chi connectivity index (χ1n) is 3.04. The average Bonchev–Trinajstić information content (AvgIpc) is 1.97. The number of carbonyl (C=O) groups excluding carboxylic acids is 1. The zero-order chi connectivity index (χ0) is 9.52. The number of hydrogen-bond acceptors (Lipinski definition) is 1. The minimum atomic E-state index is -2.48. The third kappa shape index (κ3) is 1.64. The van der Waals surface area contributed by atoms with Gasteiger partial charge in [0.2, 0.25) is 0 Å². The van der Waals surface area contributed by atoms with Gasteiger partial charge in [0.05, 0.1) is 7.05 Å². The Morgan fingerprint density at radius 2 is 1.92 bits per heavy atom. The van der Waals surface area contributed by atoms with E-state index in [0.717, 1.165) is 0 Å². The highest BCUT2D eigenvalue weighted by Gasteiger charge is 2.48. The summed E-state index contributed by atoms with van der Waals surface area (Å²) in [5, 5.41) is 0.274. The Kier molecular flexibility index (Phi) is 2.79. The molecule has 0 atom stereocenters. The second-order valence-corrected chi connectivity index (χ2v) is 8.25. The first kappa shape index (κ1) is 10.4. The highest BCUT2D eigenvalue weighted by molar-refractivity contribution is 8.18. The van der Waals surface area contributed by atoms with Gasteiger partial charge in [-0.25, -0.2) is 4.79 Å². The fourth-order valence-electron chi connectivity index (χ4n) is 0.724. The Bertz CT molecular complexity index is 255. The first-order valence-corrected chi connectivity index (χ1v) is 7.04. The van der Waals surface area contributed by atoms with E-state index in [1.807, 2.05) is 0 Å². The standard InChI is InChI=1S/C5H7Cl3N2OP/c1-9-4(6)3-12(7,8)10(2)5(9)11/h3H,1-2H3/q+1.